The van der Waals surface area contributed by atoms with E-state index in [9.17, 15) is 9.59 Å². The molecule has 1 amide bonds. The maximum Gasteiger partial charge on any atom is 0.252 e. The number of pyridine rings is 1. The first kappa shape index (κ1) is 17.5. The molecule has 3 heterocycles. The Bertz CT molecular complexity index is 1200. The minimum Gasteiger partial charge on any atom is -0.366 e. The van der Waals surface area contributed by atoms with Crippen molar-refractivity contribution in [3.8, 4) is 16.8 Å². The van der Waals surface area contributed by atoms with E-state index in [4.69, 9.17) is 5.73 Å². The van der Waals surface area contributed by atoms with Gasteiger partial charge in [0.05, 0.1) is 24.0 Å². The highest BCUT2D eigenvalue weighted by atomic mass is 16.1. The van der Waals surface area contributed by atoms with E-state index in [1.165, 1.54) is 10.6 Å². The van der Waals surface area contributed by atoms with Crippen molar-refractivity contribution in [2.24, 2.45) is 12.8 Å². The number of aromatic nitrogens is 4. The van der Waals surface area contributed by atoms with E-state index in [0.717, 1.165) is 16.7 Å². The number of carbonyl (C=O) groups excluding carboxylic acids is 1. The number of amides is 1. The Kier molecular flexibility index (Phi) is 4.41. The van der Waals surface area contributed by atoms with Crippen molar-refractivity contribution >= 4 is 5.91 Å². The number of benzene rings is 1. The van der Waals surface area contributed by atoms with Gasteiger partial charge in [-0.2, -0.15) is 5.10 Å². The van der Waals surface area contributed by atoms with Gasteiger partial charge in [-0.15, -0.1) is 0 Å². The molecule has 4 rings (SSSR count). The zero-order chi connectivity index (χ0) is 19.7. The van der Waals surface area contributed by atoms with Crippen LogP contribution in [0.3, 0.4) is 0 Å². The quantitative estimate of drug-likeness (QED) is 0.582. The largest absolute Gasteiger partial charge is 0.366 e. The average molecular weight is 373 g/mol. The molecular formula is C21H19N5O2. The van der Waals surface area contributed by atoms with Crippen LogP contribution in [0.5, 0.6) is 0 Å². The zero-order valence-corrected chi connectivity index (χ0v) is 15.3. The molecule has 0 aliphatic rings. The molecule has 0 atom stereocenters. The number of nitrogens with two attached hydrogens (primary N) is 1. The van der Waals surface area contributed by atoms with Crippen LogP contribution in [-0.2, 0) is 13.6 Å². The first-order chi connectivity index (χ1) is 13.5. The monoisotopic (exact) mass is 373 g/mol. The van der Waals surface area contributed by atoms with Crippen LogP contribution in [0.15, 0.2) is 78.2 Å². The summed E-state index contributed by atoms with van der Waals surface area (Å²) in [7, 11) is 1.70. The maximum absolute atomic E-state index is 12.2. The number of aryl methyl sites for hydroxylation is 1. The van der Waals surface area contributed by atoms with E-state index in [2.05, 4.69) is 5.10 Å². The predicted octanol–water partition coefficient (Wildman–Crippen LogP) is 2.19. The van der Waals surface area contributed by atoms with Crippen molar-refractivity contribution in [1.29, 1.82) is 0 Å². The molecular weight excluding hydrogens is 354 g/mol. The summed E-state index contributed by atoms with van der Waals surface area (Å²) in [5.41, 5.74) is 9.09. The molecule has 0 spiro atoms. The molecule has 1 aromatic carbocycles. The fraction of sp³-hybridized carbons (Fsp3) is 0.0952. The fourth-order valence-corrected chi connectivity index (χ4v) is 3.11. The van der Waals surface area contributed by atoms with Crippen LogP contribution in [0.1, 0.15) is 15.9 Å². The highest BCUT2D eigenvalue weighted by Crippen LogP contribution is 2.26. The SMILES string of the molecule is Cn1cc(-c2cnn(Cc3ccccc3)c2)c(-n2ccc(C(N)=O)c2)cc1=O. The summed E-state index contributed by atoms with van der Waals surface area (Å²) in [5.74, 6) is -0.514. The van der Waals surface area contributed by atoms with Crippen LogP contribution in [0.4, 0.5) is 0 Å². The molecule has 7 heteroatoms. The summed E-state index contributed by atoms with van der Waals surface area (Å²) < 4.78 is 5.10. The minimum atomic E-state index is -0.514. The lowest BCUT2D eigenvalue weighted by atomic mass is 10.1. The Labute approximate surface area is 161 Å². The molecule has 2 N–H and O–H groups in total. The molecule has 3 aromatic heterocycles. The molecule has 0 unspecified atom stereocenters. The third kappa shape index (κ3) is 3.37. The average Bonchev–Trinajstić information content (AvgIpc) is 3.34. The number of carbonyl (C=O) groups is 1. The smallest absolute Gasteiger partial charge is 0.252 e. The molecule has 0 bridgehead atoms. The molecule has 4 aromatic rings. The highest BCUT2D eigenvalue weighted by molar-refractivity contribution is 5.92. The predicted molar refractivity (Wildman–Crippen MR) is 106 cm³/mol. The van der Waals surface area contributed by atoms with Crippen LogP contribution in [0.25, 0.3) is 16.8 Å². The molecule has 0 radical (unpaired) electrons. The van der Waals surface area contributed by atoms with Crippen LogP contribution in [0, 0.1) is 0 Å². The second-order valence-electron chi connectivity index (χ2n) is 6.61. The molecule has 140 valence electrons. The summed E-state index contributed by atoms with van der Waals surface area (Å²) in [5, 5.41) is 4.45. The Morgan fingerprint density at radius 2 is 1.89 bits per heavy atom. The van der Waals surface area contributed by atoms with Crippen molar-refractivity contribution in [2.45, 2.75) is 6.54 Å². The van der Waals surface area contributed by atoms with Crippen molar-refractivity contribution in [2.75, 3.05) is 0 Å². The van der Waals surface area contributed by atoms with E-state index in [1.54, 1.807) is 42.5 Å². The van der Waals surface area contributed by atoms with Crippen LogP contribution < -0.4 is 11.3 Å². The molecule has 7 nitrogen and oxygen atoms in total. The Morgan fingerprint density at radius 1 is 1.11 bits per heavy atom. The van der Waals surface area contributed by atoms with Gasteiger partial charge in [0.1, 0.15) is 0 Å². The number of hydrogen-bond donors (Lipinski definition) is 1. The van der Waals surface area contributed by atoms with Gasteiger partial charge >= 0.3 is 0 Å². The molecule has 0 aliphatic carbocycles. The number of nitrogens with zero attached hydrogens (tertiary/aromatic N) is 4. The second kappa shape index (κ2) is 7.03. The standard InChI is InChI=1S/C21H19N5O2/c1-24-14-18(17-10-23-26(13-17)11-15-5-3-2-4-6-15)19(9-20(24)27)25-8-7-16(12-25)21(22)28/h2-10,12-14H,11H2,1H3,(H2,22,28). The van der Waals surface area contributed by atoms with Crippen molar-refractivity contribution in [3.05, 3.63) is 94.9 Å². The van der Waals surface area contributed by atoms with Crippen molar-refractivity contribution < 1.29 is 4.79 Å². The summed E-state index contributed by atoms with van der Waals surface area (Å²) >= 11 is 0. The topological polar surface area (TPSA) is 87.8 Å². The first-order valence-electron chi connectivity index (χ1n) is 8.77. The zero-order valence-electron chi connectivity index (χ0n) is 15.3. The second-order valence-corrected chi connectivity index (χ2v) is 6.61. The lowest BCUT2D eigenvalue weighted by Gasteiger charge is -2.11. The Hall–Kier alpha value is -3.87. The van der Waals surface area contributed by atoms with E-state index in [1.807, 2.05) is 41.2 Å². The number of hydrogen-bond acceptors (Lipinski definition) is 3. The van der Waals surface area contributed by atoms with Gasteiger partial charge in [0.15, 0.2) is 0 Å². The third-order valence-corrected chi connectivity index (χ3v) is 4.59. The van der Waals surface area contributed by atoms with Gasteiger partial charge in [-0.25, -0.2) is 0 Å². The Morgan fingerprint density at radius 3 is 2.61 bits per heavy atom. The summed E-state index contributed by atoms with van der Waals surface area (Å²) in [6.45, 7) is 0.650. The van der Waals surface area contributed by atoms with E-state index >= 15 is 0 Å². The minimum absolute atomic E-state index is 0.148. The van der Waals surface area contributed by atoms with Gasteiger partial charge in [0.2, 0.25) is 5.91 Å². The normalized spacial score (nSPS) is 10.9. The van der Waals surface area contributed by atoms with Crippen LogP contribution in [0.2, 0.25) is 0 Å². The van der Waals surface area contributed by atoms with Gasteiger partial charge < -0.3 is 14.9 Å². The first-order valence-corrected chi connectivity index (χ1v) is 8.77. The maximum atomic E-state index is 12.2. The third-order valence-electron chi connectivity index (χ3n) is 4.59. The Balaban J connectivity index is 1.76. The van der Waals surface area contributed by atoms with Gasteiger partial charge in [-0.05, 0) is 11.6 Å². The van der Waals surface area contributed by atoms with Gasteiger partial charge in [-0.3, -0.25) is 14.3 Å². The van der Waals surface area contributed by atoms with Gasteiger partial charge in [-0.1, -0.05) is 30.3 Å². The highest BCUT2D eigenvalue weighted by Gasteiger charge is 2.13. The lowest BCUT2D eigenvalue weighted by Crippen LogP contribution is -2.17. The molecule has 0 saturated carbocycles. The lowest BCUT2D eigenvalue weighted by molar-refractivity contribution is 0.100. The van der Waals surface area contributed by atoms with E-state index < -0.39 is 5.91 Å². The summed E-state index contributed by atoms with van der Waals surface area (Å²) in [6.07, 6.45) is 8.81. The number of primary amides is 1. The van der Waals surface area contributed by atoms with Crippen LogP contribution in [-0.4, -0.2) is 24.8 Å². The van der Waals surface area contributed by atoms with Gasteiger partial charge in [0.25, 0.3) is 5.56 Å². The van der Waals surface area contributed by atoms with E-state index in [-0.39, 0.29) is 5.56 Å². The molecule has 0 fully saturated rings. The number of rotatable bonds is 5. The molecule has 0 saturated heterocycles. The summed E-state index contributed by atoms with van der Waals surface area (Å²) in [6, 6.07) is 13.2. The van der Waals surface area contributed by atoms with E-state index in [0.29, 0.717) is 17.8 Å². The van der Waals surface area contributed by atoms with Crippen LogP contribution >= 0.6 is 0 Å². The fourth-order valence-electron chi connectivity index (χ4n) is 3.11. The molecule has 28 heavy (non-hydrogen) atoms. The van der Waals surface area contributed by atoms with Crippen molar-refractivity contribution in [1.82, 2.24) is 18.9 Å². The van der Waals surface area contributed by atoms with Gasteiger partial charge in [0, 0.05) is 49.0 Å². The molecule has 0 aliphatic heterocycles. The van der Waals surface area contributed by atoms with Crippen molar-refractivity contribution in [3.63, 3.8) is 0 Å². The summed E-state index contributed by atoms with van der Waals surface area (Å²) in [4.78, 5) is 23.6.